The van der Waals surface area contributed by atoms with Crippen LogP contribution in [-0.2, 0) is 0 Å². The lowest BCUT2D eigenvalue weighted by molar-refractivity contribution is 0.104. The van der Waals surface area contributed by atoms with Crippen molar-refractivity contribution in [3.8, 4) is 0 Å². The highest BCUT2D eigenvalue weighted by Gasteiger charge is 2.00. The predicted molar refractivity (Wildman–Crippen MR) is 85.6 cm³/mol. The van der Waals surface area contributed by atoms with E-state index < -0.39 is 0 Å². The SMILES string of the molecule is CN(N/C=C\C(=O)c1ccccc1)c1ccc(Br)cc1. The Morgan fingerprint density at radius 3 is 2.40 bits per heavy atom. The molecule has 0 bridgehead atoms. The summed E-state index contributed by atoms with van der Waals surface area (Å²) in [5, 5.41) is 1.83. The summed E-state index contributed by atoms with van der Waals surface area (Å²) in [6, 6.07) is 17.1. The quantitative estimate of drug-likeness (QED) is 0.514. The molecule has 20 heavy (non-hydrogen) atoms. The number of anilines is 1. The van der Waals surface area contributed by atoms with Gasteiger partial charge in [0.15, 0.2) is 5.78 Å². The first-order valence-corrected chi connectivity index (χ1v) is 6.97. The Morgan fingerprint density at radius 1 is 1.10 bits per heavy atom. The molecule has 0 aliphatic heterocycles. The summed E-state index contributed by atoms with van der Waals surface area (Å²) in [6.45, 7) is 0. The van der Waals surface area contributed by atoms with Gasteiger partial charge in [0.2, 0.25) is 0 Å². The molecule has 2 aromatic rings. The zero-order chi connectivity index (χ0) is 14.4. The van der Waals surface area contributed by atoms with Crippen LogP contribution >= 0.6 is 15.9 Å². The van der Waals surface area contributed by atoms with Crippen molar-refractivity contribution in [2.24, 2.45) is 0 Å². The standard InChI is InChI=1S/C16H15BrN2O/c1-19(15-9-7-14(17)8-10-15)18-12-11-16(20)13-5-3-2-4-6-13/h2-12,18H,1H3/b12-11-. The van der Waals surface area contributed by atoms with Crippen LogP contribution in [0.25, 0.3) is 0 Å². The first-order valence-electron chi connectivity index (χ1n) is 6.18. The van der Waals surface area contributed by atoms with Crippen molar-refractivity contribution in [1.29, 1.82) is 0 Å². The van der Waals surface area contributed by atoms with Crippen LogP contribution in [0.3, 0.4) is 0 Å². The first kappa shape index (κ1) is 14.3. The van der Waals surface area contributed by atoms with Crippen LogP contribution in [0.15, 0.2) is 71.3 Å². The van der Waals surface area contributed by atoms with E-state index in [2.05, 4.69) is 21.4 Å². The average molecular weight is 331 g/mol. The molecular formula is C16H15BrN2O. The highest BCUT2D eigenvalue weighted by Crippen LogP contribution is 2.15. The molecule has 0 unspecified atom stereocenters. The highest BCUT2D eigenvalue weighted by molar-refractivity contribution is 9.10. The summed E-state index contributed by atoms with van der Waals surface area (Å²) in [7, 11) is 1.89. The first-order chi connectivity index (χ1) is 9.66. The zero-order valence-electron chi connectivity index (χ0n) is 11.1. The van der Waals surface area contributed by atoms with Crippen LogP contribution < -0.4 is 10.4 Å². The second kappa shape index (κ2) is 6.91. The Kier molecular flexibility index (Phi) is 4.96. The van der Waals surface area contributed by atoms with Crippen molar-refractivity contribution in [3.05, 3.63) is 76.9 Å². The Labute approximate surface area is 127 Å². The lowest BCUT2D eigenvalue weighted by Crippen LogP contribution is -2.29. The fourth-order valence-electron chi connectivity index (χ4n) is 1.66. The van der Waals surface area contributed by atoms with Crippen molar-refractivity contribution in [2.45, 2.75) is 0 Å². The number of nitrogens with zero attached hydrogens (tertiary/aromatic N) is 1. The van der Waals surface area contributed by atoms with Gasteiger partial charge < -0.3 is 5.43 Å². The van der Waals surface area contributed by atoms with Crippen molar-refractivity contribution < 1.29 is 4.79 Å². The Bertz CT molecular complexity index is 594. The van der Waals surface area contributed by atoms with Gasteiger partial charge in [-0.25, -0.2) is 0 Å². The fraction of sp³-hybridized carbons (Fsp3) is 0.0625. The van der Waals surface area contributed by atoms with E-state index >= 15 is 0 Å². The molecule has 2 rings (SSSR count). The number of nitrogens with one attached hydrogen (secondary N) is 1. The van der Waals surface area contributed by atoms with Crippen molar-refractivity contribution in [2.75, 3.05) is 12.1 Å². The molecule has 4 heteroatoms. The van der Waals surface area contributed by atoms with Crippen molar-refractivity contribution >= 4 is 27.4 Å². The summed E-state index contributed by atoms with van der Waals surface area (Å²) in [6.07, 6.45) is 3.15. The lowest BCUT2D eigenvalue weighted by Gasteiger charge is -2.18. The minimum atomic E-state index is -0.0256. The minimum absolute atomic E-state index is 0.0256. The van der Waals surface area contributed by atoms with Crippen LogP contribution in [0.4, 0.5) is 5.69 Å². The Hall–Kier alpha value is -2.07. The number of rotatable bonds is 5. The second-order valence-electron chi connectivity index (χ2n) is 4.23. The van der Waals surface area contributed by atoms with Crippen molar-refractivity contribution in [1.82, 2.24) is 5.43 Å². The molecule has 0 fully saturated rings. The van der Waals surface area contributed by atoms with E-state index in [4.69, 9.17) is 0 Å². The molecule has 0 saturated heterocycles. The molecule has 0 aliphatic rings. The maximum atomic E-state index is 11.9. The van der Waals surface area contributed by atoms with Gasteiger partial charge in [0.05, 0.1) is 5.69 Å². The van der Waals surface area contributed by atoms with E-state index in [1.807, 2.05) is 54.5 Å². The van der Waals surface area contributed by atoms with Crippen LogP contribution in [0.5, 0.6) is 0 Å². The van der Waals surface area contributed by atoms with Gasteiger partial charge in [0.25, 0.3) is 0 Å². The lowest BCUT2D eigenvalue weighted by atomic mass is 10.1. The highest BCUT2D eigenvalue weighted by atomic mass is 79.9. The molecule has 1 N–H and O–H groups in total. The Balaban J connectivity index is 1.93. The van der Waals surface area contributed by atoms with Gasteiger partial charge in [0.1, 0.15) is 0 Å². The number of hydrogen-bond acceptors (Lipinski definition) is 3. The number of carbonyl (C=O) groups is 1. The summed E-state index contributed by atoms with van der Waals surface area (Å²) >= 11 is 3.39. The summed E-state index contributed by atoms with van der Waals surface area (Å²) in [5.74, 6) is -0.0256. The van der Waals surface area contributed by atoms with E-state index in [-0.39, 0.29) is 5.78 Å². The third kappa shape index (κ3) is 3.96. The number of allylic oxidation sites excluding steroid dienone is 1. The predicted octanol–water partition coefficient (Wildman–Crippen LogP) is 3.79. The molecule has 2 aromatic carbocycles. The number of hydrazine groups is 1. The number of benzene rings is 2. The molecule has 102 valence electrons. The summed E-state index contributed by atoms with van der Waals surface area (Å²) in [5.41, 5.74) is 4.72. The van der Waals surface area contributed by atoms with E-state index in [0.29, 0.717) is 5.56 Å². The van der Waals surface area contributed by atoms with Crippen LogP contribution in [0, 0.1) is 0 Å². The van der Waals surface area contributed by atoms with Gasteiger partial charge in [-0.1, -0.05) is 46.3 Å². The number of carbonyl (C=O) groups excluding carboxylic acids is 1. The van der Waals surface area contributed by atoms with Crippen molar-refractivity contribution in [3.63, 3.8) is 0 Å². The zero-order valence-corrected chi connectivity index (χ0v) is 12.7. The third-order valence-corrected chi connectivity index (χ3v) is 3.30. The molecule has 0 atom stereocenters. The topological polar surface area (TPSA) is 32.3 Å². The number of ketones is 1. The number of halogens is 1. The molecule has 0 aliphatic carbocycles. The molecule has 0 saturated carbocycles. The fourth-order valence-corrected chi connectivity index (χ4v) is 1.93. The monoisotopic (exact) mass is 330 g/mol. The minimum Gasteiger partial charge on any atom is -0.306 e. The van der Waals surface area contributed by atoms with Crippen LogP contribution in [0.1, 0.15) is 10.4 Å². The molecular weight excluding hydrogens is 316 g/mol. The van der Waals surface area contributed by atoms with E-state index in [9.17, 15) is 4.79 Å². The third-order valence-electron chi connectivity index (χ3n) is 2.78. The smallest absolute Gasteiger partial charge is 0.187 e. The summed E-state index contributed by atoms with van der Waals surface area (Å²) in [4.78, 5) is 11.9. The van der Waals surface area contributed by atoms with Gasteiger partial charge in [-0.3, -0.25) is 9.80 Å². The van der Waals surface area contributed by atoms with Gasteiger partial charge >= 0.3 is 0 Å². The van der Waals surface area contributed by atoms with Gasteiger partial charge in [0, 0.05) is 29.4 Å². The van der Waals surface area contributed by atoms with Gasteiger partial charge in [-0.15, -0.1) is 0 Å². The molecule has 0 heterocycles. The molecule has 0 amide bonds. The van der Waals surface area contributed by atoms with Gasteiger partial charge in [-0.2, -0.15) is 0 Å². The normalized spacial score (nSPS) is 10.5. The molecule has 3 nitrogen and oxygen atoms in total. The number of hydrogen-bond donors (Lipinski definition) is 1. The van der Waals surface area contributed by atoms with E-state index in [1.54, 1.807) is 18.3 Å². The maximum absolute atomic E-state index is 11.9. The largest absolute Gasteiger partial charge is 0.306 e. The molecule has 0 aromatic heterocycles. The molecule has 0 radical (unpaired) electrons. The van der Waals surface area contributed by atoms with Gasteiger partial charge in [-0.05, 0) is 24.3 Å². The van der Waals surface area contributed by atoms with E-state index in [0.717, 1.165) is 10.2 Å². The Morgan fingerprint density at radius 2 is 1.75 bits per heavy atom. The molecule has 0 spiro atoms. The summed E-state index contributed by atoms with van der Waals surface area (Å²) < 4.78 is 1.03. The second-order valence-corrected chi connectivity index (χ2v) is 5.14. The van der Waals surface area contributed by atoms with E-state index in [1.165, 1.54) is 6.08 Å². The maximum Gasteiger partial charge on any atom is 0.187 e. The van der Waals surface area contributed by atoms with Crippen LogP contribution in [0.2, 0.25) is 0 Å². The van der Waals surface area contributed by atoms with Crippen LogP contribution in [-0.4, -0.2) is 12.8 Å². The average Bonchev–Trinajstić information content (AvgIpc) is 2.48.